The monoisotopic (exact) mass is 361 g/mol. The number of anilines is 2. The number of hydrogen-bond donors (Lipinski definition) is 2. The molecule has 0 bridgehead atoms. The van der Waals surface area contributed by atoms with E-state index in [-0.39, 0.29) is 0 Å². The molecule has 0 saturated carbocycles. The first-order valence-corrected chi connectivity index (χ1v) is 8.31. The highest BCUT2D eigenvalue weighted by Gasteiger charge is 2.22. The molecule has 1 aliphatic rings. The highest BCUT2D eigenvalue weighted by atomic mass is 32.2. The second-order valence-electron chi connectivity index (χ2n) is 5.48. The Hall–Kier alpha value is -2.58. The Morgan fingerprint density at radius 3 is 2.36 bits per heavy atom. The van der Waals surface area contributed by atoms with E-state index < -0.39 is 11.9 Å². The van der Waals surface area contributed by atoms with Crippen molar-refractivity contribution in [1.82, 2.24) is 9.88 Å². The van der Waals surface area contributed by atoms with E-state index in [1.807, 2.05) is 12.4 Å². The van der Waals surface area contributed by atoms with E-state index in [1.165, 1.54) is 21.2 Å². The molecule has 0 radical (unpaired) electrons. The van der Waals surface area contributed by atoms with Crippen LogP contribution in [0.1, 0.15) is 0 Å². The molecule has 0 unspecified atom stereocenters. The first kappa shape index (κ1) is 18.8. The minimum absolute atomic E-state index is 0.988. The molecule has 2 heterocycles. The number of fused-ring (bicyclic) bond motifs is 2. The number of nitrogens with zero attached hydrogens (tertiary/aromatic N) is 3. The average Bonchev–Trinajstić information content (AvgIpc) is 2.58. The van der Waals surface area contributed by atoms with Gasteiger partial charge in [-0.25, -0.2) is 9.59 Å². The highest BCUT2D eigenvalue weighted by molar-refractivity contribution is 7.99. The predicted octanol–water partition coefficient (Wildman–Crippen LogP) is 2.40. The summed E-state index contributed by atoms with van der Waals surface area (Å²) in [7, 11) is 4.22. The van der Waals surface area contributed by atoms with Gasteiger partial charge in [0.25, 0.3) is 0 Å². The second kappa shape index (κ2) is 8.50. The summed E-state index contributed by atoms with van der Waals surface area (Å²) in [5.41, 5.74) is 2.56. The Balaban J connectivity index is 0.000000326. The molecule has 132 valence electrons. The van der Waals surface area contributed by atoms with Gasteiger partial charge < -0.3 is 20.0 Å². The first-order valence-electron chi connectivity index (χ1n) is 7.49. The largest absolute Gasteiger partial charge is 0.473 e. The summed E-state index contributed by atoms with van der Waals surface area (Å²) in [4.78, 5) is 29.6. The van der Waals surface area contributed by atoms with Crippen LogP contribution in [-0.4, -0.2) is 59.2 Å². The van der Waals surface area contributed by atoms with Crippen LogP contribution in [0.25, 0.3) is 0 Å². The van der Waals surface area contributed by atoms with Crippen molar-refractivity contribution in [2.24, 2.45) is 0 Å². The van der Waals surface area contributed by atoms with Crippen molar-refractivity contribution in [2.75, 3.05) is 32.1 Å². The van der Waals surface area contributed by atoms with Gasteiger partial charge in [0, 0.05) is 30.4 Å². The number of carboxylic acid groups (broad SMARTS) is 2. The predicted molar refractivity (Wildman–Crippen MR) is 95.6 cm³/mol. The molecule has 2 N–H and O–H groups in total. The van der Waals surface area contributed by atoms with E-state index in [2.05, 4.69) is 59.2 Å². The quantitative estimate of drug-likeness (QED) is 0.805. The molecule has 1 aromatic heterocycles. The Morgan fingerprint density at radius 1 is 1.08 bits per heavy atom. The van der Waals surface area contributed by atoms with E-state index in [4.69, 9.17) is 19.8 Å². The number of benzene rings is 1. The third-order valence-corrected chi connectivity index (χ3v) is 4.48. The Labute approximate surface area is 149 Å². The molecule has 0 saturated heterocycles. The van der Waals surface area contributed by atoms with Gasteiger partial charge in [0.05, 0.1) is 16.3 Å². The van der Waals surface area contributed by atoms with Gasteiger partial charge in [-0.05, 0) is 32.3 Å². The summed E-state index contributed by atoms with van der Waals surface area (Å²) in [5.74, 6) is -3.65. The fourth-order valence-corrected chi connectivity index (χ4v) is 3.29. The molecule has 1 aromatic carbocycles. The van der Waals surface area contributed by atoms with Crippen LogP contribution in [0.4, 0.5) is 11.4 Å². The van der Waals surface area contributed by atoms with E-state index in [9.17, 15) is 0 Å². The Morgan fingerprint density at radius 2 is 1.72 bits per heavy atom. The van der Waals surface area contributed by atoms with E-state index in [1.54, 1.807) is 11.8 Å². The van der Waals surface area contributed by atoms with Crippen LogP contribution in [0, 0.1) is 0 Å². The van der Waals surface area contributed by atoms with E-state index >= 15 is 0 Å². The molecule has 3 rings (SSSR count). The lowest BCUT2D eigenvalue weighted by molar-refractivity contribution is -0.159. The standard InChI is InChI=1S/C15H17N3S.C2H2O4/c1-17(2)9-10-18-12-5-3-4-6-14(12)19-15-11-16-8-7-13(15)18;3-1(4)2(5)6/h3-8,11H,9-10H2,1-2H3;(H,3,4)(H,5,6). The molecule has 7 nitrogen and oxygen atoms in total. The summed E-state index contributed by atoms with van der Waals surface area (Å²) in [5, 5.41) is 14.8. The lowest BCUT2D eigenvalue weighted by Crippen LogP contribution is -2.29. The fraction of sp³-hybridized carbons (Fsp3) is 0.235. The Kier molecular flexibility index (Phi) is 6.37. The third-order valence-electron chi connectivity index (χ3n) is 3.38. The van der Waals surface area contributed by atoms with Crippen LogP contribution in [0.15, 0.2) is 52.5 Å². The number of para-hydroxylation sites is 1. The van der Waals surface area contributed by atoms with Crippen molar-refractivity contribution in [3.05, 3.63) is 42.7 Å². The fourth-order valence-electron chi connectivity index (χ4n) is 2.23. The van der Waals surface area contributed by atoms with Gasteiger partial charge in [-0.3, -0.25) is 4.98 Å². The number of aromatic nitrogens is 1. The number of carbonyl (C=O) groups is 2. The van der Waals surface area contributed by atoms with Gasteiger partial charge >= 0.3 is 11.9 Å². The smallest absolute Gasteiger partial charge is 0.414 e. The average molecular weight is 361 g/mol. The van der Waals surface area contributed by atoms with Gasteiger partial charge in [0.2, 0.25) is 0 Å². The minimum Gasteiger partial charge on any atom is -0.473 e. The zero-order chi connectivity index (χ0) is 18.4. The van der Waals surface area contributed by atoms with Crippen molar-refractivity contribution >= 4 is 35.1 Å². The van der Waals surface area contributed by atoms with Gasteiger partial charge in [-0.2, -0.15) is 0 Å². The molecular formula is C17H19N3O4S. The molecule has 0 atom stereocenters. The maximum absolute atomic E-state index is 9.10. The van der Waals surface area contributed by atoms with Gasteiger partial charge in [0.15, 0.2) is 0 Å². The van der Waals surface area contributed by atoms with E-state index in [0.717, 1.165) is 13.1 Å². The lowest BCUT2D eigenvalue weighted by Gasteiger charge is -2.33. The number of carboxylic acids is 2. The van der Waals surface area contributed by atoms with Crippen molar-refractivity contribution in [3.8, 4) is 0 Å². The zero-order valence-corrected chi connectivity index (χ0v) is 14.7. The summed E-state index contributed by atoms with van der Waals surface area (Å²) < 4.78 is 0. The topological polar surface area (TPSA) is 94.0 Å². The van der Waals surface area contributed by atoms with E-state index in [0.29, 0.717) is 0 Å². The molecule has 25 heavy (non-hydrogen) atoms. The lowest BCUT2D eigenvalue weighted by atomic mass is 10.2. The van der Waals surface area contributed by atoms with Gasteiger partial charge in [-0.1, -0.05) is 23.9 Å². The Bertz CT molecular complexity index is 710. The number of pyridine rings is 1. The number of rotatable bonds is 3. The van der Waals surface area contributed by atoms with Crippen molar-refractivity contribution in [2.45, 2.75) is 9.79 Å². The zero-order valence-electron chi connectivity index (χ0n) is 13.9. The third kappa shape index (κ3) is 4.94. The van der Waals surface area contributed by atoms with Crippen LogP contribution in [0.3, 0.4) is 0 Å². The van der Waals surface area contributed by atoms with Crippen LogP contribution >= 0.6 is 11.8 Å². The number of likely N-dealkylation sites (N-methyl/N-ethyl adjacent to an activating group) is 1. The SMILES string of the molecule is CN(C)CCN1c2ccccc2Sc2cnccc21.O=C(O)C(=O)O. The summed E-state index contributed by atoms with van der Waals surface area (Å²) >= 11 is 1.80. The van der Waals surface area contributed by atoms with Crippen LogP contribution < -0.4 is 4.90 Å². The molecule has 2 aromatic rings. The molecule has 0 amide bonds. The van der Waals surface area contributed by atoms with Gasteiger partial charge in [-0.15, -0.1) is 0 Å². The normalized spacial score (nSPS) is 11.9. The van der Waals surface area contributed by atoms with Crippen LogP contribution in [0.5, 0.6) is 0 Å². The van der Waals surface area contributed by atoms with Crippen molar-refractivity contribution in [1.29, 1.82) is 0 Å². The maximum atomic E-state index is 9.10. The maximum Gasteiger partial charge on any atom is 0.414 e. The molecule has 0 spiro atoms. The summed E-state index contributed by atoms with van der Waals surface area (Å²) in [6, 6.07) is 10.7. The molecule has 1 aliphatic heterocycles. The molecule has 8 heteroatoms. The highest BCUT2D eigenvalue weighted by Crippen LogP contribution is 2.47. The molecule has 0 aliphatic carbocycles. The minimum atomic E-state index is -1.82. The summed E-state index contributed by atoms with van der Waals surface area (Å²) in [6.45, 7) is 2.02. The van der Waals surface area contributed by atoms with Crippen molar-refractivity contribution < 1.29 is 19.8 Å². The summed E-state index contributed by atoms with van der Waals surface area (Å²) in [6.07, 6.45) is 3.83. The number of hydrogen-bond acceptors (Lipinski definition) is 6. The first-order chi connectivity index (χ1) is 11.9. The second-order valence-corrected chi connectivity index (χ2v) is 6.56. The number of aliphatic carboxylic acids is 2. The van der Waals surface area contributed by atoms with Crippen molar-refractivity contribution in [3.63, 3.8) is 0 Å². The van der Waals surface area contributed by atoms with Gasteiger partial charge in [0.1, 0.15) is 0 Å². The molecular weight excluding hydrogens is 342 g/mol. The molecule has 0 fully saturated rings. The van der Waals surface area contributed by atoms with Crippen LogP contribution in [0.2, 0.25) is 0 Å². The van der Waals surface area contributed by atoms with Crippen LogP contribution in [-0.2, 0) is 9.59 Å².